The summed E-state index contributed by atoms with van der Waals surface area (Å²) in [4.78, 5) is 22.2. The number of carbonyl (C=O) groups is 2. The van der Waals surface area contributed by atoms with Crippen LogP contribution in [0.25, 0.3) is 0 Å². The van der Waals surface area contributed by atoms with E-state index in [1.807, 2.05) is 0 Å². The molecule has 0 fully saturated rings. The fourth-order valence-electron chi connectivity index (χ4n) is 1.23. The second-order valence-corrected chi connectivity index (χ2v) is 3.45. The van der Waals surface area contributed by atoms with Crippen molar-refractivity contribution in [1.29, 1.82) is 0 Å². The van der Waals surface area contributed by atoms with Crippen molar-refractivity contribution in [3.8, 4) is 0 Å². The third kappa shape index (κ3) is 2.80. The van der Waals surface area contributed by atoms with Crippen LogP contribution in [0.2, 0.25) is 0 Å². The minimum absolute atomic E-state index is 0.0243. The fraction of sp³-hybridized carbons (Fsp3) is 0.273. The number of nitrogens with two attached hydrogens (primary N) is 1. The highest BCUT2D eigenvalue weighted by atomic mass is 16.4. The Hall–Kier alpha value is -1.84. The Morgan fingerprint density at radius 2 is 2.00 bits per heavy atom. The van der Waals surface area contributed by atoms with Crippen molar-refractivity contribution >= 4 is 17.4 Å². The second kappa shape index (κ2) is 4.59. The van der Waals surface area contributed by atoms with Gasteiger partial charge in [0.25, 0.3) is 0 Å². The predicted octanol–water partition coefficient (Wildman–Crippen LogP) is 1.56. The summed E-state index contributed by atoms with van der Waals surface area (Å²) >= 11 is 0. The number of carboxylic acid groups (broad SMARTS) is 1. The number of carboxylic acids is 1. The van der Waals surface area contributed by atoms with Gasteiger partial charge in [0.15, 0.2) is 5.78 Å². The van der Waals surface area contributed by atoms with Gasteiger partial charge in [0.05, 0.1) is 5.92 Å². The lowest BCUT2D eigenvalue weighted by Gasteiger charge is -2.06. The predicted molar refractivity (Wildman–Crippen MR) is 56.6 cm³/mol. The average molecular weight is 207 g/mol. The number of Topliss-reactive ketones (excluding diaryl/α,β-unsaturated/α-hetero) is 1. The third-order valence-corrected chi connectivity index (χ3v) is 2.17. The quantitative estimate of drug-likeness (QED) is 0.580. The molecule has 1 rings (SSSR count). The molecule has 0 heterocycles. The summed E-state index contributed by atoms with van der Waals surface area (Å²) in [7, 11) is 0. The summed E-state index contributed by atoms with van der Waals surface area (Å²) in [5.41, 5.74) is 6.39. The summed E-state index contributed by atoms with van der Waals surface area (Å²) < 4.78 is 0. The van der Waals surface area contributed by atoms with Gasteiger partial charge in [-0.15, -0.1) is 0 Å². The zero-order chi connectivity index (χ0) is 11.4. The monoisotopic (exact) mass is 207 g/mol. The van der Waals surface area contributed by atoms with E-state index in [0.29, 0.717) is 11.3 Å². The Morgan fingerprint density at radius 3 is 2.53 bits per heavy atom. The van der Waals surface area contributed by atoms with Crippen LogP contribution in [0.4, 0.5) is 5.69 Å². The molecule has 0 radical (unpaired) electrons. The highest BCUT2D eigenvalue weighted by Crippen LogP contribution is 2.15. The molecule has 0 aliphatic heterocycles. The first-order chi connectivity index (χ1) is 7.02. The number of benzene rings is 1. The van der Waals surface area contributed by atoms with Crippen molar-refractivity contribution in [2.75, 3.05) is 5.73 Å². The van der Waals surface area contributed by atoms with Crippen LogP contribution in [0.15, 0.2) is 24.3 Å². The number of ketones is 1. The van der Waals surface area contributed by atoms with Crippen molar-refractivity contribution in [3.05, 3.63) is 29.8 Å². The summed E-state index contributed by atoms with van der Waals surface area (Å²) in [6, 6.07) is 6.66. The lowest BCUT2D eigenvalue weighted by Crippen LogP contribution is -2.15. The summed E-state index contributed by atoms with van der Waals surface area (Å²) in [5.74, 6) is -1.89. The van der Waals surface area contributed by atoms with E-state index in [9.17, 15) is 9.59 Å². The topological polar surface area (TPSA) is 80.4 Å². The highest BCUT2D eigenvalue weighted by Gasteiger charge is 2.18. The van der Waals surface area contributed by atoms with Crippen LogP contribution < -0.4 is 5.73 Å². The molecule has 0 aromatic heterocycles. The van der Waals surface area contributed by atoms with Gasteiger partial charge in [0, 0.05) is 17.7 Å². The van der Waals surface area contributed by atoms with Crippen molar-refractivity contribution in [2.24, 2.45) is 5.92 Å². The van der Waals surface area contributed by atoms with E-state index in [4.69, 9.17) is 10.8 Å². The Labute approximate surface area is 87.7 Å². The van der Waals surface area contributed by atoms with E-state index >= 15 is 0 Å². The molecule has 1 atom stereocenters. The Kier molecular flexibility index (Phi) is 3.44. The number of rotatable bonds is 4. The van der Waals surface area contributed by atoms with Gasteiger partial charge in [-0.2, -0.15) is 0 Å². The van der Waals surface area contributed by atoms with Crippen molar-refractivity contribution in [1.82, 2.24) is 0 Å². The van der Waals surface area contributed by atoms with E-state index in [0.717, 1.165) is 0 Å². The average Bonchev–Trinajstić information content (AvgIpc) is 2.18. The minimum Gasteiger partial charge on any atom is -0.481 e. The number of carbonyl (C=O) groups excluding carboxylic acids is 1. The molecule has 0 spiro atoms. The van der Waals surface area contributed by atoms with Gasteiger partial charge in [-0.25, -0.2) is 0 Å². The molecule has 4 heteroatoms. The van der Waals surface area contributed by atoms with E-state index in [1.54, 1.807) is 24.3 Å². The molecule has 1 aromatic rings. The van der Waals surface area contributed by atoms with Crippen LogP contribution in [-0.4, -0.2) is 16.9 Å². The molecule has 1 unspecified atom stereocenters. The number of nitrogen functional groups attached to an aromatic ring is 1. The summed E-state index contributed by atoms with van der Waals surface area (Å²) in [6.07, 6.45) is -0.0243. The number of para-hydroxylation sites is 1. The zero-order valence-corrected chi connectivity index (χ0v) is 8.43. The number of hydrogen-bond acceptors (Lipinski definition) is 3. The molecule has 0 saturated carbocycles. The van der Waals surface area contributed by atoms with Gasteiger partial charge in [0.1, 0.15) is 0 Å². The van der Waals surface area contributed by atoms with E-state index in [2.05, 4.69) is 0 Å². The van der Waals surface area contributed by atoms with E-state index in [-0.39, 0.29) is 12.2 Å². The van der Waals surface area contributed by atoms with Gasteiger partial charge in [-0.05, 0) is 12.1 Å². The lowest BCUT2D eigenvalue weighted by molar-refractivity contribution is -0.141. The number of anilines is 1. The molecular weight excluding hydrogens is 194 g/mol. The molecule has 1 aromatic carbocycles. The zero-order valence-electron chi connectivity index (χ0n) is 8.43. The van der Waals surface area contributed by atoms with Crippen LogP contribution in [-0.2, 0) is 4.79 Å². The SMILES string of the molecule is CC(CC(=O)c1ccccc1N)C(=O)O. The minimum atomic E-state index is -0.974. The first kappa shape index (κ1) is 11.2. The van der Waals surface area contributed by atoms with Crippen molar-refractivity contribution in [2.45, 2.75) is 13.3 Å². The molecule has 0 amide bonds. The molecule has 0 aliphatic rings. The summed E-state index contributed by atoms with van der Waals surface area (Å²) in [5, 5.41) is 8.66. The maximum Gasteiger partial charge on any atom is 0.306 e. The molecule has 15 heavy (non-hydrogen) atoms. The standard InChI is InChI=1S/C11H13NO3/c1-7(11(14)15)6-10(13)8-4-2-3-5-9(8)12/h2-5,7H,6,12H2,1H3,(H,14,15). The van der Waals surface area contributed by atoms with E-state index < -0.39 is 11.9 Å². The fourth-order valence-corrected chi connectivity index (χ4v) is 1.23. The van der Waals surface area contributed by atoms with Crippen LogP contribution >= 0.6 is 0 Å². The number of aliphatic carboxylic acids is 1. The normalized spacial score (nSPS) is 12.1. The largest absolute Gasteiger partial charge is 0.481 e. The Morgan fingerprint density at radius 1 is 1.40 bits per heavy atom. The van der Waals surface area contributed by atoms with Crippen LogP contribution in [0, 0.1) is 5.92 Å². The molecule has 0 aliphatic carbocycles. The third-order valence-electron chi connectivity index (χ3n) is 2.17. The van der Waals surface area contributed by atoms with Gasteiger partial charge in [-0.3, -0.25) is 9.59 Å². The van der Waals surface area contributed by atoms with Gasteiger partial charge in [0.2, 0.25) is 0 Å². The molecule has 0 saturated heterocycles. The summed E-state index contributed by atoms with van der Waals surface area (Å²) in [6.45, 7) is 1.50. The second-order valence-electron chi connectivity index (χ2n) is 3.45. The molecule has 80 valence electrons. The van der Waals surface area contributed by atoms with Gasteiger partial charge < -0.3 is 10.8 Å². The smallest absolute Gasteiger partial charge is 0.306 e. The first-order valence-electron chi connectivity index (χ1n) is 4.63. The highest BCUT2D eigenvalue weighted by molar-refractivity contribution is 6.02. The Bertz CT molecular complexity index is 387. The van der Waals surface area contributed by atoms with E-state index in [1.165, 1.54) is 6.92 Å². The lowest BCUT2D eigenvalue weighted by atomic mass is 9.99. The molecular formula is C11H13NO3. The van der Waals surface area contributed by atoms with Crippen LogP contribution in [0.1, 0.15) is 23.7 Å². The number of hydrogen-bond donors (Lipinski definition) is 2. The maximum atomic E-state index is 11.6. The molecule has 4 nitrogen and oxygen atoms in total. The van der Waals surface area contributed by atoms with Gasteiger partial charge in [-0.1, -0.05) is 19.1 Å². The first-order valence-corrected chi connectivity index (χ1v) is 4.63. The molecule has 3 N–H and O–H groups in total. The molecule has 0 bridgehead atoms. The Balaban J connectivity index is 2.78. The maximum absolute atomic E-state index is 11.6. The van der Waals surface area contributed by atoms with Crippen LogP contribution in [0.3, 0.4) is 0 Å². The van der Waals surface area contributed by atoms with Crippen molar-refractivity contribution < 1.29 is 14.7 Å². The van der Waals surface area contributed by atoms with Crippen LogP contribution in [0.5, 0.6) is 0 Å². The van der Waals surface area contributed by atoms with Crippen molar-refractivity contribution in [3.63, 3.8) is 0 Å². The van der Waals surface area contributed by atoms with Gasteiger partial charge >= 0.3 is 5.97 Å².